The molecule has 0 unspecified atom stereocenters. The lowest BCUT2D eigenvalue weighted by molar-refractivity contribution is 0.0693. The van der Waals surface area contributed by atoms with Gasteiger partial charge >= 0.3 is 12.0 Å². The minimum absolute atomic E-state index is 0.0431. The number of carboxylic acid groups (broad SMARTS) is 1. The predicted molar refractivity (Wildman–Crippen MR) is 80.7 cm³/mol. The van der Waals surface area contributed by atoms with Gasteiger partial charge in [0.25, 0.3) is 0 Å². The predicted octanol–water partition coefficient (Wildman–Crippen LogP) is 2.89. The van der Waals surface area contributed by atoms with E-state index in [2.05, 4.69) is 38.3 Å². The number of urea groups is 1. The quantitative estimate of drug-likeness (QED) is 0.627. The molecule has 0 saturated carbocycles. The van der Waals surface area contributed by atoms with Gasteiger partial charge in [-0.1, -0.05) is 27.7 Å². The number of benzene rings is 1. The number of carboxylic acids is 1. The summed E-state index contributed by atoms with van der Waals surface area (Å²) in [6.45, 7) is 8.78. The molecule has 21 heavy (non-hydrogen) atoms. The highest BCUT2D eigenvalue weighted by Crippen LogP contribution is 2.25. The number of amides is 2. The Kier molecular flexibility index (Phi) is 5.18. The third-order valence-electron chi connectivity index (χ3n) is 3.75. The molecule has 0 heterocycles. The van der Waals surface area contributed by atoms with Crippen LogP contribution in [0.1, 0.15) is 38.1 Å². The summed E-state index contributed by atoms with van der Waals surface area (Å²) in [5.74, 6) is -1.18. The van der Waals surface area contributed by atoms with Crippen molar-refractivity contribution in [3.05, 3.63) is 23.8 Å². The number of phenols is 1. The first-order valence-corrected chi connectivity index (χ1v) is 6.74. The van der Waals surface area contributed by atoms with Crippen LogP contribution in [0.3, 0.4) is 0 Å². The summed E-state index contributed by atoms with van der Waals surface area (Å²) >= 11 is 0. The number of rotatable bonds is 5. The maximum atomic E-state index is 11.8. The van der Waals surface area contributed by atoms with E-state index < -0.39 is 12.0 Å². The van der Waals surface area contributed by atoms with Crippen molar-refractivity contribution in [3.8, 4) is 5.75 Å². The second kappa shape index (κ2) is 6.47. The second-order valence-electron chi connectivity index (χ2n) is 5.99. The van der Waals surface area contributed by atoms with E-state index in [0.717, 1.165) is 0 Å². The first kappa shape index (κ1) is 16.8. The van der Waals surface area contributed by atoms with E-state index in [-0.39, 0.29) is 16.7 Å². The molecule has 0 spiro atoms. The fourth-order valence-electron chi connectivity index (χ4n) is 1.47. The fourth-order valence-corrected chi connectivity index (χ4v) is 1.47. The minimum atomic E-state index is -1.25. The third-order valence-corrected chi connectivity index (χ3v) is 3.75. The Hall–Kier alpha value is -2.24. The third kappa shape index (κ3) is 4.66. The van der Waals surface area contributed by atoms with E-state index in [0.29, 0.717) is 18.2 Å². The van der Waals surface area contributed by atoms with Crippen LogP contribution in [-0.4, -0.2) is 28.8 Å². The standard InChI is InChI=1S/C15H22N2O4/c1-9(2)15(3,4)8-16-14(21)17-10-5-6-12(18)11(7-10)13(19)20/h5-7,9,18H,8H2,1-4H3,(H,19,20)(H2,16,17,21). The summed E-state index contributed by atoms with van der Waals surface area (Å²) in [5.41, 5.74) is 0.0128. The lowest BCUT2D eigenvalue weighted by atomic mass is 9.81. The van der Waals surface area contributed by atoms with Gasteiger partial charge in [-0.05, 0) is 29.5 Å². The molecule has 0 aromatic heterocycles. The number of hydrogen-bond acceptors (Lipinski definition) is 3. The van der Waals surface area contributed by atoms with Gasteiger partial charge in [-0.3, -0.25) is 0 Å². The van der Waals surface area contributed by atoms with Crippen LogP contribution in [0.4, 0.5) is 10.5 Å². The molecule has 1 aromatic rings. The van der Waals surface area contributed by atoms with Crippen LogP contribution in [0.25, 0.3) is 0 Å². The second-order valence-corrected chi connectivity index (χ2v) is 5.99. The van der Waals surface area contributed by atoms with Crippen molar-refractivity contribution in [2.75, 3.05) is 11.9 Å². The number of carbonyl (C=O) groups is 2. The van der Waals surface area contributed by atoms with Gasteiger partial charge in [-0.2, -0.15) is 0 Å². The van der Waals surface area contributed by atoms with Crippen LogP contribution in [0, 0.1) is 11.3 Å². The van der Waals surface area contributed by atoms with Crippen LogP contribution in [0.2, 0.25) is 0 Å². The van der Waals surface area contributed by atoms with Crippen LogP contribution in [0.15, 0.2) is 18.2 Å². The molecule has 6 nitrogen and oxygen atoms in total. The summed E-state index contributed by atoms with van der Waals surface area (Å²) in [6.07, 6.45) is 0. The Morgan fingerprint density at radius 3 is 2.43 bits per heavy atom. The highest BCUT2D eigenvalue weighted by atomic mass is 16.4. The minimum Gasteiger partial charge on any atom is -0.507 e. The smallest absolute Gasteiger partial charge is 0.339 e. The molecular formula is C15H22N2O4. The Bertz CT molecular complexity index is 538. The normalized spacial score (nSPS) is 11.3. The zero-order valence-electron chi connectivity index (χ0n) is 12.7. The van der Waals surface area contributed by atoms with E-state index in [4.69, 9.17) is 5.11 Å². The molecule has 116 valence electrons. The zero-order chi connectivity index (χ0) is 16.2. The zero-order valence-corrected chi connectivity index (χ0v) is 12.7. The van der Waals surface area contributed by atoms with E-state index in [1.807, 2.05) is 0 Å². The van der Waals surface area contributed by atoms with E-state index >= 15 is 0 Å². The van der Waals surface area contributed by atoms with Crippen LogP contribution < -0.4 is 10.6 Å². The number of anilines is 1. The summed E-state index contributed by atoms with van der Waals surface area (Å²) in [7, 11) is 0. The van der Waals surface area contributed by atoms with Gasteiger partial charge in [-0.15, -0.1) is 0 Å². The highest BCUT2D eigenvalue weighted by molar-refractivity contribution is 5.95. The molecule has 0 fully saturated rings. The monoisotopic (exact) mass is 294 g/mol. The molecule has 0 aliphatic heterocycles. The average Bonchev–Trinajstić information content (AvgIpc) is 2.38. The highest BCUT2D eigenvalue weighted by Gasteiger charge is 2.23. The van der Waals surface area contributed by atoms with Crippen LogP contribution in [-0.2, 0) is 0 Å². The molecule has 0 aliphatic rings. The fraction of sp³-hybridized carbons (Fsp3) is 0.467. The summed E-state index contributed by atoms with van der Waals surface area (Å²) in [5, 5.41) is 23.6. The van der Waals surface area contributed by atoms with Crippen LogP contribution >= 0.6 is 0 Å². The Morgan fingerprint density at radius 1 is 1.29 bits per heavy atom. The summed E-state index contributed by atoms with van der Waals surface area (Å²) in [4.78, 5) is 22.7. The molecule has 1 rings (SSSR count). The van der Waals surface area contributed by atoms with Crippen molar-refractivity contribution < 1.29 is 19.8 Å². The molecule has 6 heteroatoms. The molecule has 0 bridgehead atoms. The Labute approximate surface area is 124 Å². The van der Waals surface area contributed by atoms with E-state index in [9.17, 15) is 14.7 Å². The molecule has 4 N–H and O–H groups in total. The summed E-state index contributed by atoms with van der Waals surface area (Å²) < 4.78 is 0. The molecule has 0 saturated heterocycles. The summed E-state index contributed by atoms with van der Waals surface area (Å²) in [6, 6.07) is 3.47. The van der Waals surface area contributed by atoms with Gasteiger partial charge in [0.1, 0.15) is 11.3 Å². The topological polar surface area (TPSA) is 98.7 Å². The van der Waals surface area contributed by atoms with Gasteiger partial charge in [0.05, 0.1) is 0 Å². The number of nitrogens with one attached hydrogen (secondary N) is 2. The van der Waals surface area contributed by atoms with Gasteiger partial charge < -0.3 is 20.8 Å². The van der Waals surface area contributed by atoms with E-state index in [1.54, 1.807) is 0 Å². The van der Waals surface area contributed by atoms with Crippen molar-refractivity contribution in [2.24, 2.45) is 11.3 Å². The Balaban J connectivity index is 2.68. The largest absolute Gasteiger partial charge is 0.507 e. The van der Waals surface area contributed by atoms with Gasteiger partial charge in [-0.25, -0.2) is 9.59 Å². The molecule has 0 radical (unpaired) electrons. The van der Waals surface area contributed by atoms with Crippen molar-refractivity contribution in [2.45, 2.75) is 27.7 Å². The molecule has 0 atom stereocenters. The van der Waals surface area contributed by atoms with Gasteiger partial charge in [0.15, 0.2) is 0 Å². The van der Waals surface area contributed by atoms with Crippen molar-refractivity contribution in [1.82, 2.24) is 5.32 Å². The lowest BCUT2D eigenvalue weighted by Crippen LogP contribution is -2.39. The number of aromatic hydroxyl groups is 1. The maximum Gasteiger partial charge on any atom is 0.339 e. The van der Waals surface area contributed by atoms with Crippen LogP contribution in [0.5, 0.6) is 5.75 Å². The molecule has 2 amide bonds. The van der Waals surface area contributed by atoms with E-state index in [1.165, 1.54) is 18.2 Å². The molecule has 0 aliphatic carbocycles. The van der Waals surface area contributed by atoms with Crippen molar-refractivity contribution in [1.29, 1.82) is 0 Å². The van der Waals surface area contributed by atoms with Crippen molar-refractivity contribution >= 4 is 17.7 Å². The average molecular weight is 294 g/mol. The molecular weight excluding hydrogens is 272 g/mol. The first-order chi connectivity index (χ1) is 9.63. The first-order valence-electron chi connectivity index (χ1n) is 6.74. The maximum absolute atomic E-state index is 11.8. The Morgan fingerprint density at radius 2 is 1.90 bits per heavy atom. The number of hydrogen-bond donors (Lipinski definition) is 4. The van der Waals surface area contributed by atoms with Gasteiger partial charge in [0, 0.05) is 12.2 Å². The number of aromatic carboxylic acids is 1. The van der Waals surface area contributed by atoms with Gasteiger partial charge in [0.2, 0.25) is 0 Å². The number of carbonyl (C=O) groups excluding carboxylic acids is 1. The lowest BCUT2D eigenvalue weighted by Gasteiger charge is -2.29. The SMILES string of the molecule is CC(C)C(C)(C)CNC(=O)Nc1ccc(O)c(C(=O)O)c1. The van der Waals surface area contributed by atoms with Crippen molar-refractivity contribution in [3.63, 3.8) is 0 Å². The molecule has 1 aromatic carbocycles.